The molecule has 0 aromatic rings. The van der Waals surface area contributed by atoms with Crippen LogP contribution in [0, 0.1) is 5.92 Å². The summed E-state index contributed by atoms with van der Waals surface area (Å²) < 4.78 is 6.04. The highest BCUT2D eigenvalue weighted by Crippen LogP contribution is 2.42. The number of hydrogen-bond acceptors (Lipinski definition) is 2. The molecule has 0 unspecified atom stereocenters. The lowest BCUT2D eigenvalue weighted by Gasteiger charge is -2.38. The Hall–Kier alpha value is -0.0151. The molecule has 0 amide bonds. The summed E-state index contributed by atoms with van der Waals surface area (Å²) in [6, 6.07) is 0. The predicted octanol–water partition coefficient (Wildman–Crippen LogP) is 2.29. The van der Waals surface area contributed by atoms with Gasteiger partial charge in [0.1, 0.15) is 0 Å². The highest BCUT2D eigenvalue weighted by atomic mass is 16.5. The Labute approximate surface area is 101 Å². The second kappa shape index (κ2) is 6.06. The zero-order valence-corrected chi connectivity index (χ0v) is 10.3. The van der Waals surface area contributed by atoms with Crippen LogP contribution in [0.3, 0.4) is 0 Å². The normalized spacial score (nSPS) is 28.6. The molecule has 2 fully saturated rings. The molecule has 3 heteroatoms. The van der Waals surface area contributed by atoms with Crippen molar-refractivity contribution in [3.05, 3.63) is 0 Å². The Bertz CT molecular complexity index is 204. The summed E-state index contributed by atoms with van der Waals surface area (Å²) >= 11 is 0. The first-order valence-corrected chi connectivity index (χ1v) is 6.89. The standard InChI is InChI=1S/C13H24BNO/c14-7-9-15-8-3-12-4-10-16-13(11-12)5-1-2-6-13/h12,15H,1-11H2/t12-/m1/s1. The van der Waals surface area contributed by atoms with Crippen LogP contribution in [0.25, 0.3) is 0 Å². The molecule has 2 rings (SSSR count). The second-order valence-corrected chi connectivity index (χ2v) is 5.42. The van der Waals surface area contributed by atoms with Crippen LogP contribution in [0.2, 0.25) is 6.32 Å². The van der Waals surface area contributed by atoms with Crippen LogP contribution in [0.4, 0.5) is 0 Å². The number of rotatable bonds is 5. The molecule has 1 N–H and O–H groups in total. The first kappa shape index (κ1) is 12.4. The van der Waals surface area contributed by atoms with Gasteiger partial charge in [0.25, 0.3) is 0 Å². The largest absolute Gasteiger partial charge is 0.375 e. The molecule has 2 nitrogen and oxygen atoms in total. The van der Waals surface area contributed by atoms with E-state index in [-0.39, 0.29) is 5.60 Å². The Morgan fingerprint density at radius 3 is 2.81 bits per heavy atom. The SMILES string of the molecule is [B]CCNCC[C@@H]1CCOC2(CCCC2)C1. The Balaban J connectivity index is 1.70. The maximum atomic E-state index is 6.04. The summed E-state index contributed by atoms with van der Waals surface area (Å²) in [6.45, 7) is 3.06. The second-order valence-electron chi connectivity index (χ2n) is 5.42. The average Bonchev–Trinajstić information content (AvgIpc) is 2.73. The zero-order chi connectivity index (χ0) is 11.3. The van der Waals surface area contributed by atoms with Gasteiger partial charge in [0.05, 0.1) is 13.4 Å². The van der Waals surface area contributed by atoms with Crippen LogP contribution < -0.4 is 5.32 Å². The van der Waals surface area contributed by atoms with E-state index in [0.29, 0.717) is 0 Å². The van der Waals surface area contributed by atoms with Gasteiger partial charge in [-0.1, -0.05) is 19.2 Å². The molecule has 2 radical (unpaired) electrons. The van der Waals surface area contributed by atoms with Crippen molar-refractivity contribution in [1.82, 2.24) is 5.32 Å². The van der Waals surface area contributed by atoms with E-state index in [1.807, 2.05) is 0 Å². The van der Waals surface area contributed by atoms with Crippen LogP contribution in [-0.4, -0.2) is 33.1 Å². The average molecular weight is 221 g/mol. The van der Waals surface area contributed by atoms with E-state index >= 15 is 0 Å². The lowest BCUT2D eigenvalue weighted by Crippen LogP contribution is -2.38. The summed E-state index contributed by atoms with van der Waals surface area (Å²) in [7, 11) is 5.46. The minimum absolute atomic E-state index is 0.288. The summed E-state index contributed by atoms with van der Waals surface area (Å²) in [5.41, 5.74) is 0.288. The Kier molecular flexibility index (Phi) is 4.72. The molecule has 1 spiro atoms. The molecule has 1 aliphatic carbocycles. The van der Waals surface area contributed by atoms with E-state index in [1.54, 1.807) is 0 Å². The van der Waals surface area contributed by atoms with E-state index in [1.165, 1.54) is 44.9 Å². The monoisotopic (exact) mass is 221 g/mol. The third-order valence-electron chi connectivity index (χ3n) is 4.16. The van der Waals surface area contributed by atoms with E-state index in [4.69, 9.17) is 12.6 Å². The predicted molar refractivity (Wildman–Crippen MR) is 67.9 cm³/mol. The van der Waals surface area contributed by atoms with Gasteiger partial charge in [0, 0.05) is 6.61 Å². The first-order valence-electron chi connectivity index (χ1n) is 6.89. The van der Waals surface area contributed by atoms with Crippen LogP contribution >= 0.6 is 0 Å². The molecule has 90 valence electrons. The van der Waals surface area contributed by atoms with Gasteiger partial charge in [-0.05, 0) is 51.1 Å². The smallest absolute Gasteiger partial charge is 0.0685 e. The summed E-state index contributed by atoms with van der Waals surface area (Å²) in [4.78, 5) is 0. The Morgan fingerprint density at radius 1 is 1.25 bits per heavy atom. The highest BCUT2D eigenvalue weighted by Gasteiger charge is 2.39. The summed E-state index contributed by atoms with van der Waals surface area (Å²) in [5, 5.41) is 3.40. The van der Waals surface area contributed by atoms with Crippen molar-refractivity contribution in [2.75, 3.05) is 19.7 Å². The topological polar surface area (TPSA) is 21.3 Å². The van der Waals surface area contributed by atoms with Crippen molar-refractivity contribution in [3.8, 4) is 0 Å². The fraction of sp³-hybridized carbons (Fsp3) is 1.00. The minimum Gasteiger partial charge on any atom is -0.375 e. The van der Waals surface area contributed by atoms with Gasteiger partial charge in [0.2, 0.25) is 0 Å². The van der Waals surface area contributed by atoms with Crippen LogP contribution in [0.5, 0.6) is 0 Å². The molecule has 0 aromatic heterocycles. The molecule has 0 bridgehead atoms. The molecule has 16 heavy (non-hydrogen) atoms. The van der Waals surface area contributed by atoms with Crippen molar-refractivity contribution in [2.24, 2.45) is 5.92 Å². The Morgan fingerprint density at radius 2 is 2.06 bits per heavy atom. The number of hydrogen-bond donors (Lipinski definition) is 1. The van der Waals surface area contributed by atoms with Gasteiger partial charge >= 0.3 is 0 Å². The first-order chi connectivity index (χ1) is 7.85. The van der Waals surface area contributed by atoms with Gasteiger partial charge in [-0.15, -0.1) is 0 Å². The van der Waals surface area contributed by atoms with Crippen molar-refractivity contribution in [1.29, 1.82) is 0 Å². The van der Waals surface area contributed by atoms with Crippen molar-refractivity contribution < 1.29 is 4.74 Å². The van der Waals surface area contributed by atoms with Gasteiger partial charge in [-0.3, -0.25) is 0 Å². The maximum absolute atomic E-state index is 6.04. The van der Waals surface area contributed by atoms with Crippen molar-refractivity contribution in [3.63, 3.8) is 0 Å². The van der Waals surface area contributed by atoms with E-state index in [2.05, 4.69) is 5.32 Å². The van der Waals surface area contributed by atoms with Gasteiger partial charge in [-0.2, -0.15) is 0 Å². The highest BCUT2D eigenvalue weighted by molar-refractivity contribution is 6.08. The van der Waals surface area contributed by atoms with Crippen molar-refractivity contribution in [2.45, 2.75) is 56.9 Å². The van der Waals surface area contributed by atoms with Gasteiger partial charge in [0.15, 0.2) is 0 Å². The fourth-order valence-corrected chi connectivity index (χ4v) is 3.28. The third kappa shape index (κ3) is 3.24. The number of nitrogens with one attached hydrogen (secondary N) is 1. The van der Waals surface area contributed by atoms with Crippen molar-refractivity contribution >= 4 is 7.85 Å². The fourth-order valence-electron chi connectivity index (χ4n) is 3.28. The molecule has 1 heterocycles. The lowest BCUT2D eigenvalue weighted by molar-refractivity contribution is -0.0934. The molecule has 1 aliphatic heterocycles. The van der Waals surface area contributed by atoms with E-state index < -0.39 is 0 Å². The molecule has 1 atom stereocenters. The van der Waals surface area contributed by atoms with Gasteiger partial charge < -0.3 is 10.1 Å². The van der Waals surface area contributed by atoms with Gasteiger partial charge in [-0.25, -0.2) is 0 Å². The molecule has 1 saturated heterocycles. The minimum atomic E-state index is 0.288. The van der Waals surface area contributed by atoms with E-state index in [9.17, 15) is 0 Å². The zero-order valence-electron chi connectivity index (χ0n) is 10.3. The number of ether oxygens (including phenoxy) is 1. The molecule has 2 aliphatic rings. The third-order valence-corrected chi connectivity index (χ3v) is 4.16. The molecule has 1 saturated carbocycles. The van der Waals surface area contributed by atoms with Crippen LogP contribution in [-0.2, 0) is 4.74 Å². The molecule has 0 aromatic carbocycles. The molecular weight excluding hydrogens is 197 g/mol. The molecular formula is C13H24BNO. The summed E-state index contributed by atoms with van der Waals surface area (Å²) in [5.74, 6) is 0.872. The van der Waals surface area contributed by atoms with Crippen LogP contribution in [0.1, 0.15) is 44.9 Å². The maximum Gasteiger partial charge on any atom is 0.0685 e. The summed E-state index contributed by atoms with van der Waals surface area (Å²) in [6.07, 6.45) is 9.96. The lowest BCUT2D eigenvalue weighted by atomic mass is 9.83. The van der Waals surface area contributed by atoms with Crippen LogP contribution in [0.15, 0.2) is 0 Å². The quantitative estimate of drug-likeness (QED) is 0.568. The van der Waals surface area contributed by atoms with E-state index in [0.717, 1.165) is 31.9 Å².